The van der Waals surface area contributed by atoms with E-state index < -0.39 is 0 Å². The predicted octanol–water partition coefficient (Wildman–Crippen LogP) is 4.11. The molecule has 0 unspecified atom stereocenters. The minimum atomic E-state index is -0.293. The molecule has 1 aromatic carbocycles. The highest BCUT2D eigenvalue weighted by atomic mass is 79.9. The summed E-state index contributed by atoms with van der Waals surface area (Å²) in [4.78, 5) is 4.54. The SMILES string of the molecule is COc1ccc(F)c(SNc2ccc(Br)nc2)c1. The highest BCUT2D eigenvalue weighted by Crippen LogP contribution is 2.27. The predicted molar refractivity (Wildman–Crippen MR) is 74.4 cm³/mol. The quantitative estimate of drug-likeness (QED) is 0.676. The summed E-state index contributed by atoms with van der Waals surface area (Å²) in [5, 5.41) is 0. The van der Waals surface area contributed by atoms with Crippen LogP contribution in [0.1, 0.15) is 0 Å². The summed E-state index contributed by atoms with van der Waals surface area (Å²) in [5.41, 5.74) is 0.797. The summed E-state index contributed by atoms with van der Waals surface area (Å²) in [6.45, 7) is 0. The van der Waals surface area contributed by atoms with E-state index in [-0.39, 0.29) is 5.82 Å². The number of benzene rings is 1. The van der Waals surface area contributed by atoms with Gasteiger partial charge < -0.3 is 9.46 Å². The van der Waals surface area contributed by atoms with Crippen LogP contribution in [-0.4, -0.2) is 12.1 Å². The van der Waals surface area contributed by atoms with E-state index in [1.165, 1.54) is 18.0 Å². The van der Waals surface area contributed by atoms with Crippen molar-refractivity contribution in [1.82, 2.24) is 4.98 Å². The molecule has 1 heterocycles. The Morgan fingerprint density at radius 2 is 2.17 bits per heavy atom. The molecule has 0 aliphatic heterocycles. The highest BCUT2D eigenvalue weighted by Gasteiger charge is 2.05. The molecule has 1 N–H and O–H groups in total. The fraction of sp³-hybridized carbons (Fsp3) is 0.0833. The molecule has 0 aliphatic rings. The second-order valence-electron chi connectivity index (χ2n) is 3.37. The zero-order valence-corrected chi connectivity index (χ0v) is 11.9. The van der Waals surface area contributed by atoms with Gasteiger partial charge >= 0.3 is 0 Å². The van der Waals surface area contributed by atoms with E-state index in [1.54, 1.807) is 25.4 Å². The smallest absolute Gasteiger partial charge is 0.138 e. The van der Waals surface area contributed by atoms with Crippen molar-refractivity contribution >= 4 is 33.6 Å². The van der Waals surface area contributed by atoms with E-state index in [9.17, 15) is 4.39 Å². The Morgan fingerprint density at radius 1 is 1.33 bits per heavy atom. The van der Waals surface area contributed by atoms with Gasteiger partial charge in [-0.1, -0.05) is 0 Å². The van der Waals surface area contributed by atoms with E-state index in [2.05, 4.69) is 25.6 Å². The van der Waals surface area contributed by atoms with Crippen molar-refractivity contribution in [3.63, 3.8) is 0 Å². The molecular formula is C12H10BrFN2OS. The summed E-state index contributed by atoms with van der Waals surface area (Å²) in [6, 6.07) is 8.26. The van der Waals surface area contributed by atoms with E-state index in [0.29, 0.717) is 10.6 Å². The molecular weight excluding hydrogens is 319 g/mol. The lowest BCUT2D eigenvalue weighted by molar-refractivity contribution is 0.411. The maximum Gasteiger partial charge on any atom is 0.138 e. The van der Waals surface area contributed by atoms with Crippen molar-refractivity contribution in [3.05, 3.63) is 46.9 Å². The van der Waals surface area contributed by atoms with Crippen LogP contribution < -0.4 is 9.46 Å². The Labute approximate surface area is 117 Å². The third-order valence-electron chi connectivity index (χ3n) is 2.14. The molecule has 0 spiro atoms. The summed E-state index contributed by atoms with van der Waals surface area (Å²) in [7, 11) is 1.55. The number of pyridine rings is 1. The first-order valence-electron chi connectivity index (χ1n) is 5.07. The number of anilines is 1. The maximum absolute atomic E-state index is 13.5. The van der Waals surface area contributed by atoms with Crippen LogP contribution in [0.4, 0.5) is 10.1 Å². The monoisotopic (exact) mass is 328 g/mol. The van der Waals surface area contributed by atoms with Gasteiger partial charge in [0.05, 0.1) is 23.9 Å². The molecule has 3 nitrogen and oxygen atoms in total. The van der Waals surface area contributed by atoms with E-state index in [1.807, 2.05) is 12.1 Å². The van der Waals surface area contributed by atoms with Gasteiger partial charge in [0, 0.05) is 0 Å². The van der Waals surface area contributed by atoms with Crippen LogP contribution in [0.15, 0.2) is 46.0 Å². The first-order valence-corrected chi connectivity index (χ1v) is 6.68. The average molecular weight is 329 g/mol. The van der Waals surface area contributed by atoms with Gasteiger partial charge in [0.1, 0.15) is 16.2 Å². The number of nitrogens with one attached hydrogen (secondary N) is 1. The van der Waals surface area contributed by atoms with Gasteiger partial charge in [-0.25, -0.2) is 9.37 Å². The highest BCUT2D eigenvalue weighted by molar-refractivity contribution is 9.10. The molecule has 0 bridgehead atoms. The van der Waals surface area contributed by atoms with Crippen LogP contribution >= 0.6 is 27.9 Å². The lowest BCUT2D eigenvalue weighted by Crippen LogP contribution is -1.91. The normalized spacial score (nSPS) is 10.2. The van der Waals surface area contributed by atoms with Gasteiger partial charge in [-0.2, -0.15) is 0 Å². The molecule has 0 atom stereocenters. The van der Waals surface area contributed by atoms with Crippen LogP contribution in [0.2, 0.25) is 0 Å². The van der Waals surface area contributed by atoms with Crippen molar-refractivity contribution in [1.29, 1.82) is 0 Å². The Balaban J connectivity index is 2.07. The van der Waals surface area contributed by atoms with Crippen LogP contribution in [0.5, 0.6) is 5.75 Å². The molecule has 18 heavy (non-hydrogen) atoms. The number of halogens is 2. The fourth-order valence-electron chi connectivity index (χ4n) is 1.24. The molecule has 2 rings (SSSR count). The first-order chi connectivity index (χ1) is 8.69. The molecule has 0 fully saturated rings. The molecule has 0 radical (unpaired) electrons. The van der Waals surface area contributed by atoms with Gasteiger partial charge in [-0.15, -0.1) is 0 Å². The molecule has 1 aromatic heterocycles. The van der Waals surface area contributed by atoms with Crippen LogP contribution in [0.25, 0.3) is 0 Å². The lowest BCUT2D eigenvalue weighted by atomic mass is 10.3. The summed E-state index contributed by atoms with van der Waals surface area (Å²) >= 11 is 4.42. The van der Waals surface area contributed by atoms with Gasteiger partial charge in [-0.3, -0.25) is 0 Å². The molecule has 94 valence electrons. The van der Waals surface area contributed by atoms with Gasteiger partial charge in [0.2, 0.25) is 0 Å². The van der Waals surface area contributed by atoms with Crippen molar-refractivity contribution in [2.24, 2.45) is 0 Å². The Kier molecular flexibility index (Phi) is 4.43. The number of ether oxygens (including phenoxy) is 1. The molecule has 0 aliphatic carbocycles. The maximum atomic E-state index is 13.5. The summed E-state index contributed by atoms with van der Waals surface area (Å²) < 4.78 is 22.4. The topological polar surface area (TPSA) is 34.1 Å². The number of nitrogens with zero attached hydrogens (tertiary/aromatic N) is 1. The zero-order chi connectivity index (χ0) is 13.0. The number of aromatic nitrogens is 1. The van der Waals surface area contributed by atoms with Crippen LogP contribution in [-0.2, 0) is 0 Å². The zero-order valence-electron chi connectivity index (χ0n) is 9.48. The minimum absolute atomic E-state index is 0.293. The van der Waals surface area contributed by atoms with Crippen molar-refractivity contribution in [3.8, 4) is 5.75 Å². The number of hydrogen-bond acceptors (Lipinski definition) is 4. The average Bonchev–Trinajstić information content (AvgIpc) is 2.40. The van der Waals surface area contributed by atoms with E-state index >= 15 is 0 Å². The molecule has 0 saturated carbocycles. The van der Waals surface area contributed by atoms with E-state index in [0.717, 1.165) is 10.3 Å². The standard InChI is InChI=1S/C12H10BrFN2OS/c1-17-9-3-4-10(14)11(6-9)18-16-8-2-5-12(13)15-7-8/h2-7,16H,1H3. The molecule has 2 aromatic rings. The Bertz CT molecular complexity index is 536. The summed E-state index contributed by atoms with van der Waals surface area (Å²) in [6.07, 6.45) is 1.66. The van der Waals surface area contributed by atoms with Crippen molar-refractivity contribution in [2.45, 2.75) is 4.90 Å². The molecule has 6 heteroatoms. The second kappa shape index (κ2) is 6.06. The van der Waals surface area contributed by atoms with E-state index in [4.69, 9.17) is 4.74 Å². The Hall–Kier alpha value is -1.27. The number of methoxy groups -OCH3 is 1. The molecule has 0 amide bonds. The summed E-state index contributed by atoms with van der Waals surface area (Å²) in [5.74, 6) is 0.327. The minimum Gasteiger partial charge on any atom is -0.497 e. The van der Waals surface area contributed by atoms with Crippen molar-refractivity contribution in [2.75, 3.05) is 11.8 Å². The first kappa shape index (κ1) is 13.2. The van der Waals surface area contributed by atoms with Gasteiger partial charge in [0.15, 0.2) is 0 Å². The van der Waals surface area contributed by atoms with Crippen LogP contribution in [0, 0.1) is 5.82 Å². The largest absolute Gasteiger partial charge is 0.497 e. The number of hydrogen-bond donors (Lipinski definition) is 1. The number of rotatable bonds is 4. The fourth-order valence-corrected chi connectivity index (χ4v) is 2.16. The lowest BCUT2D eigenvalue weighted by Gasteiger charge is -2.07. The third kappa shape index (κ3) is 3.36. The molecule has 0 saturated heterocycles. The second-order valence-corrected chi connectivity index (χ2v) is 5.03. The van der Waals surface area contributed by atoms with Crippen molar-refractivity contribution < 1.29 is 9.13 Å². The van der Waals surface area contributed by atoms with Gasteiger partial charge in [-0.05, 0) is 58.2 Å². The van der Waals surface area contributed by atoms with Gasteiger partial charge in [0.25, 0.3) is 0 Å². The third-order valence-corrected chi connectivity index (χ3v) is 3.48. The Morgan fingerprint density at radius 3 is 2.83 bits per heavy atom. The van der Waals surface area contributed by atoms with Crippen LogP contribution in [0.3, 0.4) is 0 Å².